The van der Waals surface area contributed by atoms with Gasteiger partial charge in [-0.1, -0.05) is 41.9 Å². The molecule has 0 aliphatic carbocycles. The molecule has 8 rings (SSSR count). The molecule has 1 amide bonds. The van der Waals surface area contributed by atoms with Crippen LogP contribution in [0, 0.1) is 12.7 Å². The molecule has 10 nitrogen and oxygen atoms in total. The lowest BCUT2D eigenvalue weighted by atomic mass is 9.95. The summed E-state index contributed by atoms with van der Waals surface area (Å²) in [6, 6.07) is 13.1. The van der Waals surface area contributed by atoms with Crippen LogP contribution in [0.4, 0.5) is 10.2 Å². The van der Waals surface area contributed by atoms with Crippen LogP contribution in [0.2, 0.25) is 5.02 Å². The number of amides is 1. The van der Waals surface area contributed by atoms with Crippen molar-refractivity contribution >= 4 is 51.1 Å². The van der Waals surface area contributed by atoms with E-state index >= 15 is 4.39 Å². The first-order chi connectivity index (χ1) is 24.8. The summed E-state index contributed by atoms with van der Waals surface area (Å²) in [5.41, 5.74) is 1.53. The number of hydrogen-bond acceptors (Lipinski definition) is 9. The quantitative estimate of drug-likeness (QED) is 0.160. The van der Waals surface area contributed by atoms with Gasteiger partial charge in [-0.05, 0) is 82.1 Å². The number of fused-ring (bicyclic) bond motifs is 3. The van der Waals surface area contributed by atoms with Crippen molar-refractivity contribution in [3.05, 3.63) is 83.3 Å². The zero-order valence-electron chi connectivity index (χ0n) is 28.9. The van der Waals surface area contributed by atoms with E-state index in [2.05, 4.69) is 19.9 Å². The molecule has 0 spiro atoms. The van der Waals surface area contributed by atoms with E-state index in [9.17, 15) is 4.79 Å². The van der Waals surface area contributed by atoms with Gasteiger partial charge in [-0.2, -0.15) is 9.97 Å². The third-order valence-corrected chi connectivity index (χ3v) is 11.1. The van der Waals surface area contributed by atoms with E-state index in [1.165, 1.54) is 0 Å². The van der Waals surface area contributed by atoms with E-state index in [0.717, 1.165) is 62.4 Å². The minimum Gasteiger partial charge on any atom is -0.461 e. The van der Waals surface area contributed by atoms with E-state index in [4.69, 9.17) is 26.3 Å². The summed E-state index contributed by atoms with van der Waals surface area (Å²) in [6.07, 6.45) is 12.6. The number of carbonyl (C=O) groups is 1. The zero-order chi connectivity index (χ0) is 35.1. The SMILES string of the molecule is Cc1nccc(/C=C/C(=O)N2CCC[C@@H](N(C)c3nc(OCC45CCCN4CCC5)nc4c(F)c(-c5cccc6cccc(Cl)c56)ncc34)C2)n1. The highest BCUT2D eigenvalue weighted by Crippen LogP contribution is 2.40. The lowest BCUT2D eigenvalue weighted by Crippen LogP contribution is -2.48. The van der Waals surface area contributed by atoms with Crippen LogP contribution in [0.25, 0.3) is 39.0 Å². The Morgan fingerprint density at radius 2 is 1.86 bits per heavy atom. The summed E-state index contributed by atoms with van der Waals surface area (Å²) in [5.74, 6) is 0.507. The van der Waals surface area contributed by atoms with E-state index < -0.39 is 5.82 Å². The molecule has 0 radical (unpaired) electrons. The van der Waals surface area contributed by atoms with Gasteiger partial charge in [-0.15, -0.1) is 0 Å². The van der Waals surface area contributed by atoms with Crippen LogP contribution in [0.1, 0.15) is 50.0 Å². The Morgan fingerprint density at radius 3 is 2.67 bits per heavy atom. The van der Waals surface area contributed by atoms with Gasteiger partial charge in [0.25, 0.3) is 0 Å². The normalized spacial score (nSPS) is 18.9. The summed E-state index contributed by atoms with van der Waals surface area (Å²) in [6.45, 7) is 5.52. The molecule has 3 aliphatic heterocycles. The van der Waals surface area contributed by atoms with Gasteiger partial charge in [0.05, 0.1) is 16.6 Å². The Hall–Kier alpha value is -4.74. The van der Waals surface area contributed by atoms with Crippen molar-refractivity contribution in [1.29, 1.82) is 0 Å². The monoisotopic (exact) mass is 706 g/mol. The van der Waals surface area contributed by atoms with Gasteiger partial charge in [-0.25, -0.2) is 14.4 Å². The van der Waals surface area contributed by atoms with Crippen molar-refractivity contribution < 1.29 is 13.9 Å². The topological polar surface area (TPSA) is 100 Å². The number of aromatic nitrogens is 5. The molecule has 1 atom stereocenters. The van der Waals surface area contributed by atoms with Gasteiger partial charge in [0.1, 0.15) is 29.5 Å². The molecule has 3 saturated heterocycles. The number of piperidine rings is 1. The number of likely N-dealkylation sites (N-methyl/N-ethyl adjacent to an activating group) is 1. The predicted octanol–water partition coefficient (Wildman–Crippen LogP) is 6.88. The number of benzene rings is 2. The van der Waals surface area contributed by atoms with E-state index in [0.29, 0.717) is 53.0 Å². The molecule has 51 heavy (non-hydrogen) atoms. The van der Waals surface area contributed by atoms with Gasteiger partial charge in [0.15, 0.2) is 5.82 Å². The fraction of sp³-hybridized carbons (Fsp3) is 0.385. The van der Waals surface area contributed by atoms with Crippen molar-refractivity contribution in [3.63, 3.8) is 0 Å². The second-order valence-corrected chi connectivity index (χ2v) is 14.3. The molecule has 3 fully saturated rings. The Morgan fingerprint density at radius 1 is 1.06 bits per heavy atom. The fourth-order valence-corrected chi connectivity index (χ4v) is 8.45. The van der Waals surface area contributed by atoms with Crippen LogP contribution < -0.4 is 9.64 Å². The van der Waals surface area contributed by atoms with Crippen molar-refractivity contribution in [2.45, 2.75) is 57.0 Å². The molecule has 0 bridgehead atoms. The highest BCUT2D eigenvalue weighted by atomic mass is 35.5. The van der Waals surface area contributed by atoms with Gasteiger partial charge in [-0.3, -0.25) is 14.7 Å². The highest BCUT2D eigenvalue weighted by Gasteiger charge is 2.45. The molecule has 6 heterocycles. The predicted molar refractivity (Wildman–Crippen MR) is 197 cm³/mol. The average Bonchev–Trinajstić information content (AvgIpc) is 3.74. The minimum atomic E-state index is -0.561. The Kier molecular flexibility index (Phi) is 9.02. The van der Waals surface area contributed by atoms with Gasteiger partial charge in [0, 0.05) is 60.6 Å². The van der Waals surface area contributed by atoms with Crippen LogP contribution in [0.15, 0.2) is 60.9 Å². The Bertz CT molecular complexity index is 2150. The Balaban J connectivity index is 1.15. The average molecular weight is 707 g/mol. The fourth-order valence-electron chi connectivity index (χ4n) is 8.17. The number of hydrogen-bond donors (Lipinski definition) is 0. The van der Waals surface area contributed by atoms with Crippen LogP contribution in [0.3, 0.4) is 0 Å². The maximum absolute atomic E-state index is 16.9. The number of aryl methyl sites for hydroxylation is 1. The number of rotatable bonds is 8. The van der Waals surface area contributed by atoms with Crippen molar-refractivity contribution in [3.8, 4) is 17.3 Å². The number of likely N-dealkylation sites (tertiary alicyclic amines) is 1. The lowest BCUT2D eigenvalue weighted by molar-refractivity contribution is -0.127. The summed E-state index contributed by atoms with van der Waals surface area (Å²) < 4.78 is 23.3. The van der Waals surface area contributed by atoms with Gasteiger partial charge >= 0.3 is 6.01 Å². The van der Waals surface area contributed by atoms with Crippen LogP contribution in [0.5, 0.6) is 6.01 Å². The smallest absolute Gasteiger partial charge is 0.319 e. The maximum Gasteiger partial charge on any atom is 0.319 e. The number of halogens is 2. The molecular formula is C39H40ClFN8O2. The number of nitrogens with zero attached hydrogens (tertiary/aromatic N) is 8. The minimum absolute atomic E-state index is 0.0335. The second-order valence-electron chi connectivity index (χ2n) is 13.9. The summed E-state index contributed by atoms with van der Waals surface area (Å²) >= 11 is 6.65. The second kappa shape index (κ2) is 13.8. The molecule has 3 aliphatic rings. The molecule has 5 aromatic rings. The first kappa shape index (κ1) is 33.4. The molecule has 3 aromatic heterocycles. The van der Waals surface area contributed by atoms with Crippen LogP contribution in [-0.4, -0.2) is 92.0 Å². The summed E-state index contributed by atoms with van der Waals surface area (Å²) in [5, 5.41) is 2.62. The summed E-state index contributed by atoms with van der Waals surface area (Å²) in [4.78, 5) is 42.5. The Labute approximate surface area is 301 Å². The number of anilines is 1. The molecule has 0 saturated carbocycles. The van der Waals surface area contributed by atoms with E-state index in [-0.39, 0.29) is 34.7 Å². The van der Waals surface area contributed by atoms with Gasteiger partial charge < -0.3 is 14.5 Å². The first-order valence-electron chi connectivity index (χ1n) is 17.7. The molecule has 2 aromatic carbocycles. The third-order valence-electron chi connectivity index (χ3n) is 10.8. The first-order valence-corrected chi connectivity index (χ1v) is 18.1. The number of pyridine rings is 1. The number of ether oxygens (including phenoxy) is 1. The molecule has 12 heteroatoms. The summed E-state index contributed by atoms with van der Waals surface area (Å²) in [7, 11) is 1.94. The maximum atomic E-state index is 16.9. The molecule has 262 valence electrons. The van der Waals surface area contributed by atoms with Gasteiger partial charge in [0.2, 0.25) is 5.91 Å². The zero-order valence-corrected chi connectivity index (χ0v) is 29.6. The van der Waals surface area contributed by atoms with E-state index in [1.54, 1.807) is 36.7 Å². The third kappa shape index (κ3) is 6.38. The van der Waals surface area contributed by atoms with Crippen molar-refractivity contribution in [1.82, 2.24) is 34.7 Å². The lowest BCUT2D eigenvalue weighted by Gasteiger charge is -2.38. The largest absolute Gasteiger partial charge is 0.461 e. The van der Waals surface area contributed by atoms with Crippen LogP contribution in [-0.2, 0) is 4.79 Å². The standard InChI is InChI=1S/C39H40ClFN8O2/c1-25-42-18-15-27(44-25)13-14-32(50)48-19-5-10-28(23-48)47(2)37-30-22-43-35(29-11-3-8-26-9-4-12-31(40)33(26)29)34(41)36(30)45-38(46-37)51-24-39-16-6-20-49(39)21-7-17-39/h3-4,8-9,11-15,18,22,28H,5-7,10,16-17,19-21,23-24H2,1-2H3/b14-13+/t28-/m1/s1. The molecular weight excluding hydrogens is 667 g/mol. The van der Waals surface area contributed by atoms with E-state index in [1.807, 2.05) is 54.1 Å². The van der Waals surface area contributed by atoms with Crippen molar-refractivity contribution in [2.24, 2.45) is 0 Å². The molecule has 0 N–H and O–H groups in total. The number of carbonyl (C=O) groups excluding carboxylic acids is 1. The van der Waals surface area contributed by atoms with Crippen LogP contribution >= 0.6 is 11.6 Å². The molecule has 0 unspecified atom stereocenters. The highest BCUT2D eigenvalue weighted by molar-refractivity contribution is 6.36. The van der Waals surface area contributed by atoms with Crippen molar-refractivity contribution in [2.75, 3.05) is 44.7 Å².